The Morgan fingerprint density at radius 1 is 1.31 bits per heavy atom. The SMILES string of the molecule is Cc1cc(NC(=O)NC(C)Cn2cncn2)n(-c2cc(C(F)(F)F)ccc2Cl)n1. The van der Waals surface area contributed by atoms with E-state index in [0.29, 0.717) is 12.2 Å². The van der Waals surface area contributed by atoms with Crippen molar-refractivity contribution in [2.45, 2.75) is 32.6 Å². The van der Waals surface area contributed by atoms with E-state index in [1.807, 2.05) is 0 Å². The number of rotatable bonds is 5. The summed E-state index contributed by atoms with van der Waals surface area (Å²) in [6, 6.07) is 3.59. The predicted octanol–water partition coefficient (Wildman–Crippen LogP) is 3.65. The van der Waals surface area contributed by atoms with Crippen LogP contribution >= 0.6 is 11.6 Å². The van der Waals surface area contributed by atoms with E-state index < -0.39 is 17.8 Å². The van der Waals surface area contributed by atoms with Gasteiger partial charge in [0, 0.05) is 12.1 Å². The summed E-state index contributed by atoms with van der Waals surface area (Å²) < 4.78 is 41.9. The fraction of sp³-hybridized carbons (Fsp3) is 0.294. The molecule has 12 heteroatoms. The largest absolute Gasteiger partial charge is 0.416 e. The smallest absolute Gasteiger partial charge is 0.334 e. The lowest BCUT2D eigenvalue weighted by molar-refractivity contribution is -0.137. The van der Waals surface area contributed by atoms with E-state index in [2.05, 4.69) is 25.8 Å². The molecule has 0 fully saturated rings. The number of carbonyl (C=O) groups excluding carboxylic acids is 1. The lowest BCUT2D eigenvalue weighted by Gasteiger charge is -2.16. The van der Waals surface area contributed by atoms with Gasteiger partial charge in [0.25, 0.3) is 0 Å². The predicted molar refractivity (Wildman–Crippen MR) is 100.0 cm³/mol. The van der Waals surface area contributed by atoms with Gasteiger partial charge < -0.3 is 5.32 Å². The highest BCUT2D eigenvalue weighted by Gasteiger charge is 2.31. The van der Waals surface area contributed by atoms with Gasteiger partial charge in [0.2, 0.25) is 0 Å². The van der Waals surface area contributed by atoms with Gasteiger partial charge in [-0.15, -0.1) is 0 Å². The van der Waals surface area contributed by atoms with Crippen molar-refractivity contribution in [2.75, 3.05) is 5.32 Å². The Kier molecular flexibility index (Phi) is 5.78. The molecule has 1 aromatic carbocycles. The van der Waals surface area contributed by atoms with Crippen LogP contribution in [0.2, 0.25) is 5.02 Å². The van der Waals surface area contributed by atoms with Crippen LogP contribution in [-0.4, -0.2) is 36.6 Å². The minimum Gasteiger partial charge on any atom is -0.334 e. The van der Waals surface area contributed by atoms with Crippen molar-refractivity contribution in [3.05, 3.63) is 53.2 Å². The molecule has 3 rings (SSSR count). The summed E-state index contributed by atoms with van der Waals surface area (Å²) in [5, 5.41) is 13.5. The van der Waals surface area contributed by atoms with Gasteiger partial charge in [-0.25, -0.2) is 14.5 Å². The summed E-state index contributed by atoms with van der Waals surface area (Å²) in [6.07, 6.45) is -1.64. The molecule has 2 heterocycles. The van der Waals surface area contributed by atoms with Gasteiger partial charge in [0.15, 0.2) is 0 Å². The topological polar surface area (TPSA) is 89.7 Å². The van der Waals surface area contributed by atoms with E-state index in [-0.39, 0.29) is 22.6 Å². The van der Waals surface area contributed by atoms with Crippen molar-refractivity contribution in [2.24, 2.45) is 0 Å². The molecule has 0 bridgehead atoms. The quantitative estimate of drug-likeness (QED) is 0.650. The monoisotopic (exact) mass is 427 g/mol. The van der Waals surface area contributed by atoms with Crippen molar-refractivity contribution < 1.29 is 18.0 Å². The van der Waals surface area contributed by atoms with E-state index in [4.69, 9.17) is 11.6 Å². The number of hydrogen-bond acceptors (Lipinski definition) is 4. The first-order valence-electron chi connectivity index (χ1n) is 8.47. The molecule has 0 spiro atoms. The number of nitrogens with one attached hydrogen (secondary N) is 2. The molecule has 2 N–H and O–H groups in total. The molecular formula is C17H17ClF3N7O. The average Bonchev–Trinajstić information content (AvgIpc) is 3.23. The van der Waals surface area contributed by atoms with Gasteiger partial charge in [0.05, 0.1) is 28.5 Å². The van der Waals surface area contributed by atoms with Gasteiger partial charge in [0.1, 0.15) is 18.5 Å². The van der Waals surface area contributed by atoms with Crippen LogP contribution in [0.15, 0.2) is 36.9 Å². The summed E-state index contributed by atoms with van der Waals surface area (Å²) in [5.41, 5.74) is -0.382. The fourth-order valence-electron chi connectivity index (χ4n) is 2.65. The van der Waals surface area contributed by atoms with Crippen LogP contribution in [0.25, 0.3) is 5.69 Å². The minimum absolute atomic E-state index is 0.000514. The van der Waals surface area contributed by atoms with Gasteiger partial charge >= 0.3 is 12.2 Å². The Labute approximate surface area is 168 Å². The lowest BCUT2D eigenvalue weighted by Crippen LogP contribution is -2.39. The molecule has 3 aromatic rings. The maximum atomic E-state index is 13.1. The molecule has 8 nitrogen and oxygen atoms in total. The van der Waals surface area contributed by atoms with Gasteiger partial charge in [-0.3, -0.25) is 10.00 Å². The molecule has 0 saturated heterocycles. The molecule has 29 heavy (non-hydrogen) atoms. The van der Waals surface area contributed by atoms with Crippen LogP contribution in [0.3, 0.4) is 0 Å². The third-order valence-corrected chi connectivity index (χ3v) is 4.20. The first-order valence-corrected chi connectivity index (χ1v) is 8.85. The molecular weight excluding hydrogens is 411 g/mol. The number of benzene rings is 1. The van der Waals surface area contributed by atoms with Crippen molar-refractivity contribution in [1.29, 1.82) is 0 Å². The minimum atomic E-state index is -4.54. The van der Waals surface area contributed by atoms with Gasteiger partial charge in [-0.1, -0.05) is 11.6 Å². The van der Waals surface area contributed by atoms with E-state index in [0.717, 1.165) is 22.9 Å². The van der Waals surface area contributed by atoms with Crippen LogP contribution in [0, 0.1) is 6.92 Å². The van der Waals surface area contributed by atoms with E-state index in [1.165, 1.54) is 18.7 Å². The molecule has 2 aromatic heterocycles. The van der Waals surface area contributed by atoms with Crippen molar-refractivity contribution in [3.8, 4) is 5.69 Å². The number of hydrogen-bond donors (Lipinski definition) is 2. The number of amides is 2. The van der Waals surface area contributed by atoms with Crippen LogP contribution in [0.4, 0.5) is 23.8 Å². The number of carbonyl (C=O) groups is 1. The first kappa shape index (κ1) is 20.6. The molecule has 2 amide bonds. The Bertz CT molecular complexity index is 1000. The van der Waals surface area contributed by atoms with Crippen LogP contribution in [0.1, 0.15) is 18.2 Å². The number of aryl methyl sites for hydroxylation is 1. The zero-order valence-electron chi connectivity index (χ0n) is 15.4. The summed E-state index contributed by atoms with van der Waals surface area (Å²) in [7, 11) is 0. The number of urea groups is 1. The second-order valence-electron chi connectivity index (χ2n) is 6.36. The van der Waals surface area contributed by atoms with Crippen molar-refractivity contribution in [3.63, 3.8) is 0 Å². The standard InChI is InChI=1S/C17H17ClF3N7O/c1-10-5-15(25-16(29)24-11(2)7-27-9-22-8-23-27)28(26-10)14-6-12(17(19,20)21)3-4-13(14)18/h3-6,8-9,11H,7H2,1-2H3,(H2,24,25,29). The number of anilines is 1. The van der Waals surface area contributed by atoms with E-state index in [1.54, 1.807) is 18.5 Å². The van der Waals surface area contributed by atoms with Gasteiger partial charge in [-0.2, -0.15) is 23.4 Å². The zero-order chi connectivity index (χ0) is 21.2. The van der Waals surface area contributed by atoms with Crippen molar-refractivity contribution in [1.82, 2.24) is 29.9 Å². The van der Waals surface area contributed by atoms with E-state index >= 15 is 0 Å². The molecule has 154 valence electrons. The van der Waals surface area contributed by atoms with Crippen LogP contribution < -0.4 is 10.6 Å². The highest BCUT2D eigenvalue weighted by Crippen LogP contribution is 2.34. The lowest BCUT2D eigenvalue weighted by atomic mass is 10.2. The second-order valence-corrected chi connectivity index (χ2v) is 6.77. The molecule has 1 atom stereocenters. The summed E-state index contributed by atoms with van der Waals surface area (Å²) in [5.74, 6) is 0.175. The first-order chi connectivity index (χ1) is 13.6. The zero-order valence-corrected chi connectivity index (χ0v) is 16.2. The maximum Gasteiger partial charge on any atom is 0.416 e. The Morgan fingerprint density at radius 3 is 2.72 bits per heavy atom. The Morgan fingerprint density at radius 2 is 2.07 bits per heavy atom. The molecule has 0 radical (unpaired) electrons. The number of aromatic nitrogens is 5. The molecule has 0 aliphatic heterocycles. The fourth-order valence-corrected chi connectivity index (χ4v) is 2.85. The third-order valence-electron chi connectivity index (χ3n) is 3.88. The average molecular weight is 428 g/mol. The van der Waals surface area contributed by atoms with Crippen LogP contribution in [-0.2, 0) is 12.7 Å². The van der Waals surface area contributed by atoms with E-state index in [9.17, 15) is 18.0 Å². The summed E-state index contributed by atoms with van der Waals surface area (Å²) in [6.45, 7) is 3.81. The highest BCUT2D eigenvalue weighted by atomic mass is 35.5. The second kappa shape index (κ2) is 8.11. The van der Waals surface area contributed by atoms with Gasteiger partial charge in [-0.05, 0) is 32.0 Å². The highest BCUT2D eigenvalue weighted by molar-refractivity contribution is 6.32. The van der Waals surface area contributed by atoms with Crippen molar-refractivity contribution >= 4 is 23.4 Å². The molecule has 0 saturated carbocycles. The molecule has 0 aliphatic rings. The number of nitrogens with zero attached hydrogens (tertiary/aromatic N) is 5. The molecule has 0 aliphatic carbocycles. The number of alkyl halides is 3. The Balaban J connectivity index is 1.80. The molecule has 1 unspecified atom stereocenters. The maximum absolute atomic E-state index is 13.1. The summed E-state index contributed by atoms with van der Waals surface area (Å²) in [4.78, 5) is 16.2. The van der Waals surface area contributed by atoms with Crippen LogP contribution in [0.5, 0.6) is 0 Å². The summed E-state index contributed by atoms with van der Waals surface area (Å²) >= 11 is 6.09. The normalized spacial score (nSPS) is 12.6. The Hall–Kier alpha value is -3.08. The third kappa shape index (κ3) is 5.05. The number of halogens is 4.